The Bertz CT molecular complexity index is 27.2. The first kappa shape index (κ1) is 16.2. The molecule has 0 rings (SSSR count). The van der Waals surface area contributed by atoms with Crippen LogP contribution in [0.2, 0.25) is 0 Å². The molecule has 7 heteroatoms. The van der Waals surface area contributed by atoms with Crippen LogP contribution >= 0.6 is 0 Å². The monoisotopic (exact) mass is 538 g/mol. The molecule has 46 valence electrons. The molecule has 7 heavy (non-hydrogen) atoms. The molecule has 0 aromatic rings. The number of hydrogen-bond donors (Lipinski definition) is 4. The first-order chi connectivity index (χ1) is 2.00. The summed E-state index contributed by atoms with van der Waals surface area (Å²) in [5.74, 6) is 0. The quantitative estimate of drug-likeness (QED) is 0.236. The Hall–Kier alpha value is 2.36. The van der Waals surface area contributed by atoms with Crippen molar-refractivity contribution in [2.75, 3.05) is 0 Å². The van der Waals surface area contributed by atoms with E-state index in [0.717, 1.165) is 0 Å². The molecular formula is H9BiO4PbTi. The zero-order valence-corrected chi connectivity index (χ0v) is 16.3. The fourth-order valence-electron chi connectivity index (χ4n) is 0. The average molecular weight is 537 g/mol. The van der Waals surface area contributed by atoms with Crippen molar-refractivity contribution in [2.24, 2.45) is 0 Å². The van der Waals surface area contributed by atoms with Gasteiger partial charge in [0.15, 0.2) is 0 Å². The summed E-state index contributed by atoms with van der Waals surface area (Å²) >= 11 is -5.00. The molecule has 0 bridgehead atoms. The molecule has 0 amide bonds. The Morgan fingerprint density at radius 1 is 0.857 bits per heavy atom. The van der Waals surface area contributed by atoms with Gasteiger partial charge in [-0.3, -0.25) is 0 Å². The third-order valence-electron chi connectivity index (χ3n) is 0. The molecule has 2 radical (unpaired) electrons. The molecule has 0 atom stereocenters. The second-order valence-corrected chi connectivity index (χ2v) is 2.47. The standard InChI is InChI=1S/Bi.4H2O.Pb.Ti.5H/h;4*1H2;;;;;;;/q;;;;;;+4;;;;;/p-4. The summed E-state index contributed by atoms with van der Waals surface area (Å²) in [4.78, 5) is 0. The maximum absolute atomic E-state index is 7.38. The Morgan fingerprint density at radius 3 is 0.857 bits per heavy atom. The summed E-state index contributed by atoms with van der Waals surface area (Å²) in [5, 5.41) is 0. The zero-order valence-electron chi connectivity index (χ0n) is 3.70. The van der Waals surface area contributed by atoms with Gasteiger partial charge < -0.3 is 0 Å². The molecule has 0 unspecified atom stereocenters. The van der Waals surface area contributed by atoms with Gasteiger partial charge >= 0.3 is 86.4 Å². The van der Waals surface area contributed by atoms with Gasteiger partial charge in [-0.15, -0.1) is 0 Å². The second kappa shape index (κ2) is 6.48. The summed E-state index contributed by atoms with van der Waals surface area (Å²) in [6.45, 7) is 0. The van der Waals surface area contributed by atoms with Gasteiger partial charge in [-0.2, -0.15) is 0 Å². The average Bonchev–Trinajstić information content (AvgIpc) is 0.722. The van der Waals surface area contributed by atoms with Gasteiger partial charge in [-0.05, 0) is 0 Å². The van der Waals surface area contributed by atoms with E-state index in [1.54, 1.807) is 0 Å². The van der Waals surface area contributed by atoms with Crippen LogP contribution in [0.1, 0.15) is 0 Å². The van der Waals surface area contributed by atoms with E-state index >= 15 is 0 Å². The van der Waals surface area contributed by atoms with Crippen molar-refractivity contribution >= 4 is 53.5 Å². The predicted octanol–water partition coefficient (Wildman–Crippen LogP) is -4.33. The molecular weight excluding hydrogens is 528 g/mol. The number of hydrogen-bond acceptors (Lipinski definition) is 4. The molecule has 4 N–H and O–H groups in total. The van der Waals surface area contributed by atoms with E-state index in [2.05, 4.69) is 0 Å². The SMILES string of the molecule is [BiH3].[OH][Ti]([OH])([OH])[OH].[PbH2]. The summed E-state index contributed by atoms with van der Waals surface area (Å²) in [5.41, 5.74) is 0. The molecule has 0 spiro atoms. The maximum atomic E-state index is 7.38. The van der Waals surface area contributed by atoms with Gasteiger partial charge in [-0.25, -0.2) is 0 Å². The third-order valence-corrected chi connectivity index (χ3v) is 0. The molecule has 0 saturated heterocycles. The number of rotatable bonds is 0. The van der Waals surface area contributed by atoms with Crippen molar-refractivity contribution in [3.8, 4) is 0 Å². The van der Waals surface area contributed by atoms with E-state index in [9.17, 15) is 0 Å². The van der Waals surface area contributed by atoms with Crippen LogP contribution in [-0.2, 0) is 18.1 Å². The van der Waals surface area contributed by atoms with Crippen molar-refractivity contribution in [2.45, 2.75) is 0 Å². The van der Waals surface area contributed by atoms with Crippen molar-refractivity contribution in [1.82, 2.24) is 0 Å². The van der Waals surface area contributed by atoms with Crippen molar-refractivity contribution < 1.29 is 32.9 Å². The van der Waals surface area contributed by atoms with E-state index in [1.807, 2.05) is 0 Å². The van der Waals surface area contributed by atoms with Crippen LogP contribution in [0, 0.1) is 0 Å². The predicted molar refractivity (Wildman–Crippen MR) is 27.4 cm³/mol. The normalized spacial score (nSPS) is 8.57. The van der Waals surface area contributed by atoms with Crippen LogP contribution in [0.3, 0.4) is 0 Å². The summed E-state index contributed by atoms with van der Waals surface area (Å²) in [6.07, 6.45) is 0. The van der Waals surface area contributed by atoms with E-state index in [1.165, 1.54) is 0 Å². The van der Waals surface area contributed by atoms with E-state index < -0.39 is 18.1 Å². The summed E-state index contributed by atoms with van der Waals surface area (Å²) in [7, 11) is 0. The first-order valence-corrected chi connectivity index (χ1v) is 3.69. The molecule has 0 saturated carbocycles. The van der Waals surface area contributed by atoms with Gasteiger partial charge in [0, 0.05) is 0 Å². The molecule has 0 aromatic carbocycles. The van der Waals surface area contributed by atoms with Crippen molar-refractivity contribution in [3.63, 3.8) is 0 Å². The molecule has 0 aromatic heterocycles. The minimum atomic E-state index is -5.00. The summed E-state index contributed by atoms with van der Waals surface area (Å²) < 4.78 is 29.5. The third kappa shape index (κ3) is 60.7. The zero-order chi connectivity index (χ0) is 4.50. The van der Waals surface area contributed by atoms with E-state index in [4.69, 9.17) is 14.8 Å². The van der Waals surface area contributed by atoms with Crippen LogP contribution in [0.15, 0.2) is 0 Å². The van der Waals surface area contributed by atoms with Crippen molar-refractivity contribution in [3.05, 3.63) is 0 Å². The molecule has 4 nitrogen and oxygen atoms in total. The van der Waals surface area contributed by atoms with Crippen LogP contribution < -0.4 is 0 Å². The molecule has 0 aliphatic rings. The molecule has 0 fully saturated rings. The van der Waals surface area contributed by atoms with Crippen LogP contribution in [0.5, 0.6) is 0 Å². The second-order valence-electron chi connectivity index (χ2n) is 0.600. The van der Waals surface area contributed by atoms with Gasteiger partial charge in [0.1, 0.15) is 0 Å². The van der Waals surface area contributed by atoms with E-state index in [-0.39, 0.29) is 53.5 Å². The van der Waals surface area contributed by atoms with E-state index in [0.29, 0.717) is 0 Å². The molecule has 0 aliphatic carbocycles. The van der Waals surface area contributed by atoms with Crippen LogP contribution in [0.25, 0.3) is 0 Å². The first-order valence-electron chi connectivity index (χ1n) is 0.894. The fourth-order valence-corrected chi connectivity index (χ4v) is 0. The van der Waals surface area contributed by atoms with Gasteiger partial charge in [0.2, 0.25) is 0 Å². The van der Waals surface area contributed by atoms with Gasteiger partial charge in [-0.1, -0.05) is 0 Å². The van der Waals surface area contributed by atoms with Gasteiger partial charge in [0.25, 0.3) is 0 Å². The topological polar surface area (TPSA) is 80.9 Å². The minimum absolute atomic E-state index is 0. The molecule has 0 aliphatic heterocycles. The summed E-state index contributed by atoms with van der Waals surface area (Å²) in [6, 6.07) is 0. The van der Waals surface area contributed by atoms with Crippen molar-refractivity contribution in [1.29, 1.82) is 0 Å². The molecule has 0 heterocycles. The Labute approximate surface area is 85.1 Å². The van der Waals surface area contributed by atoms with Crippen LogP contribution in [0.4, 0.5) is 0 Å². The Balaban J connectivity index is -0.0000000800. The Kier molecular flexibility index (Phi) is 15.0. The Morgan fingerprint density at radius 2 is 0.857 bits per heavy atom. The fraction of sp³-hybridized carbons (Fsp3) is 0. The van der Waals surface area contributed by atoms with Crippen LogP contribution in [-0.4, -0.2) is 68.3 Å². The van der Waals surface area contributed by atoms with Gasteiger partial charge in [0.05, 0.1) is 0 Å².